The quantitative estimate of drug-likeness (QED) is 0.798. The van der Waals surface area contributed by atoms with Gasteiger partial charge in [-0.2, -0.15) is 14.5 Å². The minimum Gasteiger partial charge on any atom is -0.330 e. The SMILES string of the molecule is CCC(=O)n1cc(-c2nsc(Nc3ccccc3)n2)c(C)n1. The largest absolute Gasteiger partial charge is 0.330 e. The van der Waals surface area contributed by atoms with Crippen LogP contribution >= 0.6 is 11.5 Å². The number of carbonyl (C=O) groups excluding carboxylic acids is 1. The van der Waals surface area contributed by atoms with Crippen LogP contribution in [0.5, 0.6) is 0 Å². The maximum atomic E-state index is 11.7. The predicted molar refractivity (Wildman–Crippen MR) is 86.5 cm³/mol. The normalized spacial score (nSPS) is 10.6. The predicted octanol–water partition coefficient (Wildman–Crippen LogP) is 3.50. The lowest BCUT2D eigenvalue weighted by Gasteiger charge is -1.99. The first-order chi connectivity index (χ1) is 10.7. The topological polar surface area (TPSA) is 72.7 Å². The summed E-state index contributed by atoms with van der Waals surface area (Å²) in [6, 6.07) is 9.79. The summed E-state index contributed by atoms with van der Waals surface area (Å²) in [5, 5.41) is 8.13. The molecule has 0 bridgehead atoms. The average Bonchev–Trinajstić information content (AvgIpc) is 3.14. The fourth-order valence-electron chi connectivity index (χ4n) is 2.00. The number of rotatable bonds is 4. The van der Waals surface area contributed by atoms with E-state index in [4.69, 9.17) is 0 Å². The molecule has 1 N–H and O–H groups in total. The lowest BCUT2D eigenvalue weighted by Crippen LogP contribution is -2.09. The number of hydrogen-bond acceptors (Lipinski definition) is 6. The van der Waals surface area contributed by atoms with E-state index in [1.807, 2.05) is 44.2 Å². The molecule has 22 heavy (non-hydrogen) atoms. The van der Waals surface area contributed by atoms with E-state index in [2.05, 4.69) is 19.8 Å². The van der Waals surface area contributed by atoms with Gasteiger partial charge in [-0.05, 0) is 19.1 Å². The Labute approximate surface area is 132 Å². The van der Waals surface area contributed by atoms with Crippen molar-refractivity contribution in [3.05, 3.63) is 42.2 Å². The molecule has 0 atom stereocenters. The van der Waals surface area contributed by atoms with E-state index in [-0.39, 0.29) is 5.91 Å². The van der Waals surface area contributed by atoms with Gasteiger partial charge in [0.05, 0.1) is 11.3 Å². The molecule has 0 fully saturated rings. The molecule has 2 heterocycles. The molecule has 0 spiro atoms. The fraction of sp³-hybridized carbons (Fsp3) is 0.200. The van der Waals surface area contributed by atoms with Gasteiger partial charge in [-0.15, -0.1) is 0 Å². The third-order valence-corrected chi connectivity index (χ3v) is 3.78. The van der Waals surface area contributed by atoms with E-state index in [0.717, 1.165) is 16.9 Å². The number of aromatic nitrogens is 4. The second-order valence-electron chi connectivity index (χ2n) is 4.73. The van der Waals surface area contributed by atoms with Crippen LogP contribution in [0.3, 0.4) is 0 Å². The van der Waals surface area contributed by atoms with E-state index in [9.17, 15) is 4.79 Å². The molecular weight excluding hydrogens is 298 g/mol. The molecule has 112 valence electrons. The van der Waals surface area contributed by atoms with Crippen LogP contribution in [-0.4, -0.2) is 25.0 Å². The van der Waals surface area contributed by atoms with Crippen molar-refractivity contribution in [1.29, 1.82) is 0 Å². The zero-order valence-electron chi connectivity index (χ0n) is 12.3. The summed E-state index contributed by atoms with van der Waals surface area (Å²) in [6.07, 6.45) is 2.10. The van der Waals surface area contributed by atoms with Gasteiger partial charge in [-0.25, -0.2) is 4.68 Å². The Hall–Kier alpha value is -2.54. The van der Waals surface area contributed by atoms with Gasteiger partial charge in [0.15, 0.2) is 5.82 Å². The van der Waals surface area contributed by atoms with E-state index < -0.39 is 0 Å². The summed E-state index contributed by atoms with van der Waals surface area (Å²) in [5.74, 6) is 0.531. The molecule has 0 unspecified atom stereocenters. The third-order valence-electron chi connectivity index (χ3n) is 3.15. The molecule has 0 aliphatic heterocycles. The summed E-state index contributed by atoms with van der Waals surface area (Å²) in [7, 11) is 0. The summed E-state index contributed by atoms with van der Waals surface area (Å²) in [6.45, 7) is 3.65. The number of hydrogen-bond donors (Lipinski definition) is 1. The van der Waals surface area contributed by atoms with Crippen LogP contribution in [0.15, 0.2) is 36.5 Å². The Balaban J connectivity index is 1.85. The standard InChI is InChI=1S/C15H15N5OS/c1-3-13(21)20-9-12(10(2)18-20)14-17-15(22-19-14)16-11-7-5-4-6-8-11/h4-9H,3H2,1-2H3,(H,16,17,19). The Morgan fingerprint density at radius 2 is 2.09 bits per heavy atom. The van der Waals surface area contributed by atoms with Crippen molar-refractivity contribution in [3.63, 3.8) is 0 Å². The van der Waals surface area contributed by atoms with Crippen molar-refractivity contribution in [2.24, 2.45) is 0 Å². The van der Waals surface area contributed by atoms with E-state index in [1.54, 1.807) is 6.20 Å². The lowest BCUT2D eigenvalue weighted by molar-refractivity contribution is 0.0892. The van der Waals surface area contributed by atoms with Crippen LogP contribution in [0.4, 0.5) is 10.8 Å². The number of para-hydroxylation sites is 1. The summed E-state index contributed by atoms with van der Waals surface area (Å²) < 4.78 is 5.70. The van der Waals surface area contributed by atoms with Crippen LogP contribution in [0.25, 0.3) is 11.4 Å². The summed E-state index contributed by atoms with van der Waals surface area (Å²) in [4.78, 5) is 16.2. The second-order valence-corrected chi connectivity index (χ2v) is 5.49. The molecule has 3 rings (SSSR count). The van der Waals surface area contributed by atoms with Gasteiger partial charge in [-0.3, -0.25) is 4.79 Å². The minimum atomic E-state index is -0.0489. The lowest BCUT2D eigenvalue weighted by atomic mass is 10.2. The molecule has 1 aromatic carbocycles. The fourth-order valence-corrected chi connectivity index (χ4v) is 2.60. The van der Waals surface area contributed by atoms with Gasteiger partial charge in [0, 0.05) is 29.8 Å². The van der Waals surface area contributed by atoms with Crippen molar-refractivity contribution in [3.8, 4) is 11.4 Å². The van der Waals surface area contributed by atoms with Crippen LogP contribution in [0, 0.1) is 6.92 Å². The van der Waals surface area contributed by atoms with E-state index in [1.165, 1.54) is 16.2 Å². The minimum absolute atomic E-state index is 0.0489. The van der Waals surface area contributed by atoms with Crippen molar-refractivity contribution < 1.29 is 4.79 Å². The van der Waals surface area contributed by atoms with E-state index in [0.29, 0.717) is 17.4 Å². The molecule has 6 nitrogen and oxygen atoms in total. The average molecular weight is 313 g/mol. The van der Waals surface area contributed by atoms with Crippen LogP contribution in [-0.2, 0) is 0 Å². The zero-order chi connectivity index (χ0) is 15.5. The monoisotopic (exact) mass is 313 g/mol. The first-order valence-corrected chi connectivity index (χ1v) is 7.70. The zero-order valence-corrected chi connectivity index (χ0v) is 13.1. The number of aryl methyl sites for hydroxylation is 1. The molecule has 0 amide bonds. The highest BCUT2D eigenvalue weighted by Crippen LogP contribution is 2.25. The Morgan fingerprint density at radius 1 is 1.32 bits per heavy atom. The summed E-state index contributed by atoms with van der Waals surface area (Å²) in [5.41, 5.74) is 2.48. The molecule has 2 aromatic heterocycles. The van der Waals surface area contributed by atoms with Crippen LogP contribution in [0.1, 0.15) is 23.8 Å². The van der Waals surface area contributed by atoms with Crippen LogP contribution < -0.4 is 5.32 Å². The Kier molecular flexibility index (Phi) is 3.97. The number of anilines is 2. The van der Waals surface area contributed by atoms with E-state index >= 15 is 0 Å². The van der Waals surface area contributed by atoms with Gasteiger partial charge >= 0.3 is 0 Å². The molecule has 0 saturated heterocycles. The number of nitrogens with zero attached hydrogens (tertiary/aromatic N) is 4. The maximum Gasteiger partial charge on any atom is 0.246 e. The molecule has 3 aromatic rings. The van der Waals surface area contributed by atoms with Gasteiger partial charge in [-0.1, -0.05) is 25.1 Å². The molecular formula is C15H15N5OS. The Bertz CT molecular complexity index is 793. The van der Waals surface area contributed by atoms with Crippen molar-refractivity contribution in [1.82, 2.24) is 19.1 Å². The van der Waals surface area contributed by atoms with Crippen LogP contribution in [0.2, 0.25) is 0 Å². The molecule has 7 heteroatoms. The number of carbonyl (C=O) groups is 1. The molecule has 0 aliphatic rings. The van der Waals surface area contributed by atoms with Crippen molar-refractivity contribution in [2.75, 3.05) is 5.32 Å². The first kappa shape index (κ1) is 14.4. The Morgan fingerprint density at radius 3 is 2.82 bits per heavy atom. The smallest absolute Gasteiger partial charge is 0.246 e. The molecule has 0 radical (unpaired) electrons. The van der Waals surface area contributed by atoms with Gasteiger partial charge in [0.25, 0.3) is 0 Å². The van der Waals surface area contributed by atoms with Crippen molar-refractivity contribution in [2.45, 2.75) is 20.3 Å². The van der Waals surface area contributed by atoms with Crippen molar-refractivity contribution >= 4 is 28.3 Å². The van der Waals surface area contributed by atoms with Gasteiger partial charge in [0.2, 0.25) is 11.0 Å². The molecule has 0 saturated carbocycles. The summed E-state index contributed by atoms with van der Waals surface area (Å²) >= 11 is 1.28. The first-order valence-electron chi connectivity index (χ1n) is 6.93. The highest BCUT2D eigenvalue weighted by atomic mass is 32.1. The number of nitrogens with one attached hydrogen (secondary N) is 1. The second kappa shape index (κ2) is 6.07. The van der Waals surface area contributed by atoms with Gasteiger partial charge in [0.1, 0.15) is 0 Å². The van der Waals surface area contributed by atoms with Gasteiger partial charge < -0.3 is 5.32 Å². The highest BCUT2D eigenvalue weighted by molar-refractivity contribution is 7.09. The highest BCUT2D eigenvalue weighted by Gasteiger charge is 2.15. The molecule has 0 aliphatic carbocycles. The maximum absolute atomic E-state index is 11.7. The third kappa shape index (κ3) is 2.89. The number of benzene rings is 1.